The summed E-state index contributed by atoms with van der Waals surface area (Å²) < 4.78 is 5.03. The van der Waals surface area contributed by atoms with Gasteiger partial charge in [0.25, 0.3) is 0 Å². The van der Waals surface area contributed by atoms with Crippen LogP contribution in [0.15, 0.2) is 60.7 Å². The van der Waals surface area contributed by atoms with E-state index in [1.807, 2.05) is 60.7 Å². The van der Waals surface area contributed by atoms with Gasteiger partial charge in [-0.05, 0) is 18.1 Å². The van der Waals surface area contributed by atoms with Crippen LogP contribution in [0, 0.1) is 0 Å². The standard InChI is InChI=1S/C17H19NO3/c1-2-20-17(19)18(13-15-9-5-3-6-10-15)21-14-16-11-7-4-8-12-16/h3-12H,2,13-14H2,1H3. The van der Waals surface area contributed by atoms with Crippen LogP contribution < -0.4 is 0 Å². The quantitative estimate of drug-likeness (QED) is 0.758. The molecule has 0 radical (unpaired) electrons. The normalized spacial score (nSPS) is 10.1. The van der Waals surface area contributed by atoms with E-state index in [0.717, 1.165) is 11.1 Å². The van der Waals surface area contributed by atoms with E-state index < -0.39 is 6.09 Å². The second-order valence-corrected chi connectivity index (χ2v) is 4.48. The number of carbonyl (C=O) groups is 1. The van der Waals surface area contributed by atoms with Gasteiger partial charge in [0.15, 0.2) is 0 Å². The average molecular weight is 285 g/mol. The molecular formula is C17H19NO3. The van der Waals surface area contributed by atoms with Crippen LogP contribution in [0.1, 0.15) is 18.1 Å². The molecule has 0 fully saturated rings. The number of benzene rings is 2. The van der Waals surface area contributed by atoms with E-state index in [2.05, 4.69) is 0 Å². The molecule has 0 aliphatic rings. The number of hydrogen-bond acceptors (Lipinski definition) is 3. The number of amides is 1. The first-order valence-corrected chi connectivity index (χ1v) is 6.94. The minimum atomic E-state index is -0.475. The zero-order valence-corrected chi connectivity index (χ0v) is 12.1. The Balaban J connectivity index is 2.00. The van der Waals surface area contributed by atoms with Gasteiger partial charge in [0.05, 0.1) is 13.2 Å². The molecule has 0 spiro atoms. The Labute approximate surface area is 124 Å². The molecule has 0 saturated heterocycles. The lowest BCUT2D eigenvalue weighted by molar-refractivity contribution is -0.152. The van der Waals surface area contributed by atoms with E-state index in [9.17, 15) is 4.79 Å². The molecule has 0 heterocycles. The van der Waals surface area contributed by atoms with Crippen molar-refractivity contribution in [2.45, 2.75) is 20.1 Å². The predicted molar refractivity (Wildman–Crippen MR) is 80.2 cm³/mol. The van der Waals surface area contributed by atoms with E-state index >= 15 is 0 Å². The van der Waals surface area contributed by atoms with Crippen LogP contribution in [-0.4, -0.2) is 17.8 Å². The Morgan fingerprint density at radius 3 is 2.10 bits per heavy atom. The van der Waals surface area contributed by atoms with Gasteiger partial charge in [0.2, 0.25) is 0 Å². The van der Waals surface area contributed by atoms with Crippen LogP contribution in [-0.2, 0) is 22.7 Å². The van der Waals surface area contributed by atoms with Crippen LogP contribution in [0.4, 0.5) is 4.79 Å². The monoisotopic (exact) mass is 285 g/mol. The minimum absolute atomic E-state index is 0.318. The molecular weight excluding hydrogens is 266 g/mol. The first kappa shape index (κ1) is 15.1. The van der Waals surface area contributed by atoms with Gasteiger partial charge in [-0.2, -0.15) is 5.06 Å². The van der Waals surface area contributed by atoms with Crippen molar-refractivity contribution in [3.8, 4) is 0 Å². The molecule has 0 saturated carbocycles. The summed E-state index contributed by atoms with van der Waals surface area (Å²) >= 11 is 0. The summed E-state index contributed by atoms with van der Waals surface area (Å²) in [7, 11) is 0. The number of hydrogen-bond donors (Lipinski definition) is 0. The van der Waals surface area contributed by atoms with E-state index in [1.54, 1.807) is 6.92 Å². The van der Waals surface area contributed by atoms with Gasteiger partial charge in [0.1, 0.15) is 6.61 Å². The fourth-order valence-corrected chi connectivity index (χ4v) is 1.83. The van der Waals surface area contributed by atoms with E-state index in [1.165, 1.54) is 5.06 Å². The third kappa shape index (κ3) is 4.93. The summed E-state index contributed by atoms with van der Waals surface area (Å²) in [5.74, 6) is 0. The highest BCUT2D eigenvalue weighted by Gasteiger charge is 2.16. The van der Waals surface area contributed by atoms with Crippen LogP contribution in [0.5, 0.6) is 0 Å². The maximum absolute atomic E-state index is 11.9. The Kier molecular flexibility index (Phi) is 5.79. The molecule has 0 aliphatic carbocycles. The molecule has 110 valence electrons. The Hall–Kier alpha value is -2.33. The van der Waals surface area contributed by atoms with Gasteiger partial charge < -0.3 is 4.74 Å². The molecule has 0 bridgehead atoms. The van der Waals surface area contributed by atoms with Gasteiger partial charge in [-0.15, -0.1) is 0 Å². The van der Waals surface area contributed by atoms with E-state index in [0.29, 0.717) is 19.8 Å². The summed E-state index contributed by atoms with van der Waals surface area (Å²) in [6.45, 7) is 2.77. The third-order valence-corrected chi connectivity index (χ3v) is 2.87. The first-order valence-electron chi connectivity index (χ1n) is 6.94. The van der Waals surface area contributed by atoms with Crippen molar-refractivity contribution in [1.29, 1.82) is 0 Å². The van der Waals surface area contributed by atoms with Crippen molar-refractivity contribution >= 4 is 6.09 Å². The topological polar surface area (TPSA) is 38.8 Å². The molecule has 21 heavy (non-hydrogen) atoms. The predicted octanol–water partition coefficient (Wildman–Crippen LogP) is 3.78. The van der Waals surface area contributed by atoms with Crippen molar-refractivity contribution in [3.63, 3.8) is 0 Å². The second kappa shape index (κ2) is 8.07. The van der Waals surface area contributed by atoms with Crippen molar-refractivity contribution in [3.05, 3.63) is 71.8 Å². The van der Waals surface area contributed by atoms with Crippen LogP contribution >= 0.6 is 0 Å². The third-order valence-electron chi connectivity index (χ3n) is 2.87. The Bertz CT molecular complexity index is 542. The zero-order chi connectivity index (χ0) is 14.9. The first-order chi connectivity index (χ1) is 10.3. The maximum Gasteiger partial charge on any atom is 0.434 e. The molecule has 2 aromatic carbocycles. The van der Waals surface area contributed by atoms with Crippen molar-refractivity contribution < 1.29 is 14.4 Å². The lowest BCUT2D eigenvalue weighted by Crippen LogP contribution is -2.31. The highest BCUT2D eigenvalue weighted by molar-refractivity contribution is 5.66. The van der Waals surface area contributed by atoms with Crippen molar-refractivity contribution in [2.24, 2.45) is 0 Å². The average Bonchev–Trinajstić information content (AvgIpc) is 2.53. The molecule has 0 unspecified atom stereocenters. The second-order valence-electron chi connectivity index (χ2n) is 4.48. The summed E-state index contributed by atoms with van der Waals surface area (Å²) in [5, 5.41) is 1.26. The van der Waals surface area contributed by atoms with Crippen LogP contribution in [0.25, 0.3) is 0 Å². The lowest BCUT2D eigenvalue weighted by Gasteiger charge is -2.21. The van der Waals surface area contributed by atoms with Crippen LogP contribution in [0.3, 0.4) is 0 Å². The maximum atomic E-state index is 11.9. The van der Waals surface area contributed by atoms with Gasteiger partial charge in [0, 0.05) is 0 Å². The minimum Gasteiger partial charge on any atom is -0.448 e. The molecule has 2 aromatic rings. The number of carbonyl (C=O) groups excluding carboxylic acids is 1. The summed E-state index contributed by atoms with van der Waals surface area (Å²) in [6, 6.07) is 19.4. The fraction of sp³-hybridized carbons (Fsp3) is 0.235. The number of nitrogens with zero attached hydrogens (tertiary/aromatic N) is 1. The summed E-state index contributed by atoms with van der Waals surface area (Å²) in [5.41, 5.74) is 1.98. The van der Waals surface area contributed by atoms with Gasteiger partial charge in [-0.3, -0.25) is 4.84 Å². The summed E-state index contributed by atoms with van der Waals surface area (Å²) in [6.07, 6.45) is -0.475. The molecule has 0 aliphatic heterocycles. The molecule has 4 nitrogen and oxygen atoms in total. The molecule has 0 aromatic heterocycles. The van der Waals surface area contributed by atoms with Crippen molar-refractivity contribution in [2.75, 3.05) is 6.61 Å². The highest BCUT2D eigenvalue weighted by atomic mass is 16.7. The van der Waals surface area contributed by atoms with Gasteiger partial charge in [-0.25, -0.2) is 4.79 Å². The van der Waals surface area contributed by atoms with E-state index in [-0.39, 0.29) is 0 Å². The Morgan fingerprint density at radius 1 is 0.952 bits per heavy atom. The molecule has 4 heteroatoms. The molecule has 0 N–H and O–H groups in total. The largest absolute Gasteiger partial charge is 0.448 e. The van der Waals surface area contributed by atoms with Gasteiger partial charge >= 0.3 is 6.09 Å². The van der Waals surface area contributed by atoms with Crippen LogP contribution in [0.2, 0.25) is 0 Å². The molecule has 0 atom stereocenters. The van der Waals surface area contributed by atoms with E-state index in [4.69, 9.17) is 9.57 Å². The number of rotatable bonds is 6. The number of ether oxygens (including phenoxy) is 1. The highest BCUT2D eigenvalue weighted by Crippen LogP contribution is 2.10. The fourth-order valence-electron chi connectivity index (χ4n) is 1.83. The smallest absolute Gasteiger partial charge is 0.434 e. The van der Waals surface area contributed by atoms with Crippen molar-refractivity contribution in [1.82, 2.24) is 5.06 Å². The summed E-state index contributed by atoms with van der Waals surface area (Å²) in [4.78, 5) is 17.6. The number of hydroxylamine groups is 2. The lowest BCUT2D eigenvalue weighted by atomic mass is 10.2. The SMILES string of the molecule is CCOC(=O)N(Cc1ccccc1)OCc1ccccc1. The Morgan fingerprint density at radius 2 is 1.52 bits per heavy atom. The molecule has 1 amide bonds. The zero-order valence-electron chi connectivity index (χ0n) is 12.1. The van der Waals surface area contributed by atoms with Gasteiger partial charge in [-0.1, -0.05) is 60.7 Å². The molecule has 2 rings (SSSR count).